The molecule has 1 amide bonds. The first kappa shape index (κ1) is 21.7. The molecule has 0 unspecified atom stereocenters. The molecule has 2 N–H and O–H groups in total. The van der Waals surface area contributed by atoms with Gasteiger partial charge in [-0.15, -0.1) is 12.4 Å². The molecule has 4 rings (SSSR count). The van der Waals surface area contributed by atoms with Crippen LogP contribution in [0.3, 0.4) is 0 Å². The number of likely N-dealkylation sites (tertiary alicyclic amines) is 1. The van der Waals surface area contributed by atoms with Gasteiger partial charge in [0.05, 0.1) is 7.11 Å². The molecule has 7 heteroatoms. The second-order valence-corrected chi connectivity index (χ2v) is 7.10. The summed E-state index contributed by atoms with van der Waals surface area (Å²) in [6.45, 7) is 1.30. The molecular weight excluding hydrogens is 404 g/mol. The molecule has 1 aliphatic heterocycles. The third-order valence-electron chi connectivity index (χ3n) is 5.19. The van der Waals surface area contributed by atoms with Gasteiger partial charge >= 0.3 is 0 Å². The largest absolute Gasteiger partial charge is 0.493 e. The van der Waals surface area contributed by atoms with Crippen LogP contribution < -0.4 is 15.2 Å². The van der Waals surface area contributed by atoms with Crippen LogP contribution in [0.25, 0.3) is 0 Å². The fraction of sp³-hybridized carbons (Fsp3) is 0.261. The number of carbonyl (C=O) groups excluding carboxylic acids is 1. The number of ether oxygens (including phenoxy) is 2. The minimum absolute atomic E-state index is 0. The molecule has 0 saturated carbocycles. The summed E-state index contributed by atoms with van der Waals surface area (Å²) in [6.07, 6.45) is 0. The quantitative estimate of drug-likeness (QED) is 0.645. The Hall–Kier alpha value is -2.96. The van der Waals surface area contributed by atoms with Crippen molar-refractivity contribution in [1.82, 2.24) is 4.90 Å². The van der Waals surface area contributed by atoms with Crippen molar-refractivity contribution in [3.63, 3.8) is 0 Å². The average molecular weight is 429 g/mol. The van der Waals surface area contributed by atoms with Crippen molar-refractivity contribution in [2.24, 2.45) is 5.73 Å². The van der Waals surface area contributed by atoms with E-state index in [-0.39, 0.29) is 36.9 Å². The molecule has 30 heavy (non-hydrogen) atoms. The summed E-state index contributed by atoms with van der Waals surface area (Å²) in [5.74, 6) is 2.11. The lowest BCUT2D eigenvalue weighted by Crippen LogP contribution is -2.32. The highest BCUT2D eigenvalue weighted by Gasteiger charge is 2.35. The minimum atomic E-state index is -0.151. The molecule has 0 bridgehead atoms. The lowest BCUT2D eigenvalue weighted by Gasteiger charge is -2.15. The van der Waals surface area contributed by atoms with E-state index in [0.717, 1.165) is 5.56 Å². The van der Waals surface area contributed by atoms with E-state index >= 15 is 0 Å². The van der Waals surface area contributed by atoms with Crippen LogP contribution in [0.2, 0.25) is 0 Å². The Balaban J connectivity index is 0.00000256. The molecule has 1 aromatic heterocycles. The number of furan rings is 1. The Morgan fingerprint density at radius 3 is 2.47 bits per heavy atom. The van der Waals surface area contributed by atoms with Crippen molar-refractivity contribution >= 4 is 18.3 Å². The van der Waals surface area contributed by atoms with Gasteiger partial charge in [-0.1, -0.05) is 42.5 Å². The number of para-hydroxylation sites is 2. The van der Waals surface area contributed by atoms with Crippen LogP contribution in [-0.2, 0) is 6.61 Å². The molecule has 1 saturated heterocycles. The number of nitrogens with zero attached hydrogens (tertiary/aromatic N) is 1. The maximum absolute atomic E-state index is 12.9. The molecule has 158 valence electrons. The Morgan fingerprint density at radius 2 is 1.73 bits per heavy atom. The van der Waals surface area contributed by atoms with Crippen molar-refractivity contribution in [1.29, 1.82) is 0 Å². The van der Waals surface area contributed by atoms with Crippen LogP contribution >= 0.6 is 12.4 Å². The summed E-state index contributed by atoms with van der Waals surface area (Å²) in [5.41, 5.74) is 7.46. The summed E-state index contributed by atoms with van der Waals surface area (Å²) in [6, 6.07) is 20.8. The zero-order valence-corrected chi connectivity index (χ0v) is 17.5. The first-order valence-corrected chi connectivity index (χ1v) is 9.60. The molecule has 0 aliphatic carbocycles. The zero-order chi connectivity index (χ0) is 20.2. The van der Waals surface area contributed by atoms with Crippen molar-refractivity contribution in [3.8, 4) is 11.5 Å². The van der Waals surface area contributed by atoms with Crippen LogP contribution in [0.15, 0.2) is 71.1 Å². The predicted molar refractivity (Wildman–Crippen MR) is 116 cm³/mol. The number of hydrogen-bond donors (Lipinski definition) is 1. The fourth-order valence-corrected chi connectivity index (χ4v) is 3.66. The number of hydrogen-bond acceptors (Lipinski definition) is 5. The highest BCUT2D eigenvalue weighted by atomic mass is 35.5. The third kappa shape index (κ3) is 4.61. The fourth-order valence-electron chi connectivity index (χ4n) is 3.66. The van der Waals surface area contributed by atoms with Gasteiger partial charge in [-0.2, -0.15) is 0 Å². The highest BCUT2D eigenvalue weighted by Crippen LogP contribution is 2.29. The van der Waals surface area contributed by atoms with Gasteiger partial charge in [-0.05, 0) is 29.8 Å². The van der Waals surface area contributed by atoms with Gasteiger partial charge in [-0.25, -0.2) is 0 Å². The lowest BCUT2D eigenvalue weighted by molar-refractivity contribution is 0.0753. The van der Waals surface area contributed by atoms with Gasteiger partial charge in [-0.3, -0.25) is 4.79 Å². The number of amides is 1. The Morgan fingerprint density at radius 1 is 1.03 bits per heavy atom. The Labute approximate surface area is 182 Å². The Kier molecular flexibility index (Phi) is 7.03. The van der Waals surface area contributed by atoms with Gasteiger partial charge in [0.25, 0.3) is 5.91 Å². The second-order valence-electron chi connectivity index (χ2n) is 7.10. The van der Waals surface area contributed by atoms with Crippen LogP contribution in [0.1, 0.15) is 27.8 Å². The smallest absolute Gasteiger partial charge is 0.289 e. The topological polar surface area (TPSA) is 77.9 Å². The van der Waals surface area contributed by atoms with Gasteiger partial charge in [0, 0.05) is 25.0 Å². The molecule has 2 aromatic carbocycles. The summed E-state index contributed by atoms with van der Waals surface area (Å²) < 4.78 is 16.8. The third-order valence-corrected chi connectivity index (χ3v) is 5.19. The molecule has 6 nitrogen and oxygen atoms in total. The summed E-state index contributed by atoms with van der Waals surface area (Å²) in [5, 5.41) is 0. The van der Waals surface area contributed by atoms with Crippen molar-refractivity contribution in [3.05, 3.63) is 83.8 Å². The molecule has 3 aromatic rings. The SMILES string of the molecule is COc1ccccc1OCc1ccc(C(=O)N2C[C@@H](N)[C@H](c3ccccc3)C2)o1.Cl. The summed E-state index contributed by atoms with van der Waals surface area (Å²) in [7, 11) is 1.59. The van der Waals surface area contributed by atoms with E-state index in [1.807, 2.05) is 42.5 Å². The van der Waals surface area contributed by atoms with E-state index in [0.29, 0.717) is 36.1 Å². The van der Waals surface area contributed by atoms with Gasteiger partial charge in [0.2, 0.25) is 0 Å². The van der Waals surface area contributed by atoms with Gasteiger partial charge in [0.15, 0.2) is 17.3 Å². The number of rotatable bonds is 6. The normalized spacial score (nSPS) is 18.0. The van der Waals surface area contributed by atoms with Crippen LogP contribution in [-0.4, -0.2) is 37.0 Å². The van der Waals surface area contributed by atoms with E-state index in [1.54, 1.807) is 24.1 Å². The van der Waals surface area contributed by atoms with Gasteiger partial charge in [0.1, 0.15) is 12.4 Å². The minimum Gasteiger partial charge on any atom is -0.493 e. The van der Waals surface area contributed by atoms with Crippen molar-refractivity contribution in [2.75, 3.05) is 20.2 Å². The van der Waals surface area contributed by atoms with Crippen molar-refractivity contribution < 1.29 is 18.7 Å². The van der Waals surface area contributed by atoms with Crippen molar-refractivity contribution in [2.45, 2.75) is 18.6 Å². The monoisotopic (exact) mass is 428 g/mol. The van der Waals surface area contributed by atoms with E-state index in [4.69, 9.17) is 19.6 Å². The standard InChI is InChI=1S/C23H24N2O4.ClH/c1-27-20-9-5-6-10-21(20)28-15-17-11-12-22(29-17)23(26)25-13-18(19(24)14-25)16-7-3-2-4-8-16;/h2-12,18-19H,13-15,24H2,1H3;1H/t18-,19+;/m0./s1. The first-order valence-electron chi connectivity index (χ1n) is 9.60. The highest BCUT2D eigenvalue weighted by molar-refractivity contribution is 5.92. The van der Waals surface area contributed by atoms with Crippen LogP contribution in [0.4, 0.5) is 0 Å². The summed E-state index contributed by atoms with van der Waals surface area (Å²) >= 11 is 0. The predicted octanol–water partition coefficient (Wildman–Crippen LogP) is 3.86. The Bertz CT molecular complexity index is 976. The van der Waals surface area contributed by atoms with Crippen LogP contribution in [0.5, 0.6) is 11.5 Å². The second kappa shape index (κ2) is 9.69. The van der Waals surface area contributed by atoms with E-state index in [1.165, 1.54) is 0 Å². The molecular formula is C23H25ClN2O4. The number of methoxy groups -OCH3 is 1. The number of halogens is 1. The lowest BCUT2D eigenvalue weighted by atomic mass is 9.95. The number of benzene rings is 2. The van der Waals surface area contributed by atoms with Gasteiger partial charge < -0.3 is 24.5 Å². The zero-order valence-electron chi connectivity index (χ0n) is 16.7. The maximum atomic E-state index is 12.9. The van der Waals surface area contributed by atoms with E-state index < -0.39 is 0 Å². The molecule has 0 spiro atoms. The van der Waals surface area contributed by atoms with E-state index in [2.05, 4.69) is 12.1 Å². The number of nitrogens with two attached hydrogens (primary N) is 1. The van der Waals surface area contributed by atoms with Crippen LogP contribution in [0, 0.1) is 0 Å². The first-order chi connectivity index (χ1) is 14.2. The van der Waals surface area contributed by atoms with E-state index in [9.17, 15) is 4.79 Å². The molecule has 0 radical (unpaired) electrons. The number of carbonyl (C=O) groups is 1. The molecule has 1 fully saturated rings. The molecule has 2 heterocycles. The summed E-state index contributed by atoms with van der Waals surface area (Å²) in [4.78, 5) is 14.6. The molecule has 2 atom stereocenters. The molecule has 1 aliphatic rings. The average Bonchev–Trinajstić information content (AvgIpc) is 3.39. The maximum Gasteiger partial charge on any atom is 0.289 e.